The summed E-state index contributed by atoms with van der Waals surface area (Å²) in [7, 11) is 4.63. The van der Waals surface area contributed by atoms with Crippen molar-refractivity contribution in [2.24, 2.45) is 5.92 Å². The van der Waals surface area contributed by atoms with Crippen molar-refractivity contribution in [3.05, 3.63) is 33.0 Å². The van der Waals surface area contributed by atoms with Gasteiger partial charge in [-0.2, -0.15) is 0 Å². The number of methoxy groups -OCH3 is 3. The summed E-state index contributed by atoms with van der Waals surface area (Å²) < 4.78 is 21.7. The van der Waals surface area contributed by atoms with Gasteiger partial charge in [-0.05, 0) is 42.9 Å². The number of ether oxygens (including phenoxy) is 3. The van der Waals surface area contributed by atoms with Crippen LogP contribution in [0.2, 0.25) is 0 Å². The van der Waals surface area contributed by atoms with Gasteiger partial charge in [0.15, 0.2) is 11.5 Å². The lowest BCUT2D eigenvalue weighted by molar-refractivity contribution is 0.324. The summed E-state index contributed by atoms with van der Waals surface area (Å²) in [6.07, 6.45) is 2.99. The normalized spacial score (nSPS) is 16.2. The number of thiophene rings is 1. The van der Waals surface area contributed by atoms with Crippen LogP contribution in [0.25, 0.3) is 21.7 Å². The van der Waals surface area contributed by atoms with E-state index in [2.05, 4.69) is 11.9 Å². The van der Waals surface area contributed by atoms with Gasteiger partial charge in [-0.3, -0.25) is 0 Å². The fraction of sp³-hybridized carbons (Fsp3) is 0.400. The van der Waals surface area contributed by atoms with Gasteiger partial charge < -0.3 is 18.6 Å². The van der Waals surface area contributed by atoms with E-state index in [1.54, 1.807) is 44.8 Å². The maximum Gasteiger partial charge on any atom is 0.348 e. The molecule has 27 heavy (non-hydrogen) atoms. The summed E-state index contributed by atoms with van der Waals surface area (Å²) in [6, 6.07) is 3.46. The molecule has 0 N–H and O–H groups in total. The molecule has 0 saturated heterocycles. The molecule has 0 aliphatic heterocycles. The highest BCUT2D eigenvalue weighted by molar-refractivity contribution is 7.18. The lowest BCUT2D eigenvalue weighted by Gasteiger charge is -2.17. The number of hydrogen-bond acceptors (Lipinski definition) is 7. The smallest absolute Gasteiger partial charge is 0.348 e. The first kappa shape index (κ1) is 17.9. The van der Waals surface area contributed by atoms with Crippen molar-refractivity contribution in [2.45, 2.75) is 26.2 Å². The summed E-state index contributed by atoms with van der Waals surface area (Å²) in [5.74, 6) is 2.32. The van der Waals surface area contributed by atoms with E-state index in [-0.39, 0.29) is 11.5 Å². The minimum Gasteiger partial charge on any atom is -0.493 e. The maximum absolute atomic E-state index is 12.7. The van der Waals surface area contributed by atoms with E-state index in [4.69, 9.17) is 18.6 Å². The summed E-state index contributed by atoms with van der Waals surface area (Å²) in [5.41, 5.74) is 1.38. The molecule has 0 bridgehead atoms. The molecule has 0 unspecified atom stereocenters. The molecule has 0 radical (unpaired) electrons. The van der Waals surface area contributed by atoms with Crippen LogP contribution in [0.15, 0.2) is 21.3 Å². The highest BCUT2D eigenvalue weighted by Gasteiger charge is 2.24. The number of aryl methyl sites for hydroxylation is 1. The van der Waals surface area contributed by atoms with Crippen LogP contribution < -0.4 is 19.8 Å². The van der Waals surface area contributed by atoms with Crippen molar-refractivity contribution >= 4 is 21.6 Å². The first-order valence-corrected chi connectivity index (χ1v) is 9.63. The molecular weight excluding hydrogens is 366 g/mol. The van der Waals surface area contributed by atoms with Gasteiger partial charge in [0, 0.05) is 10.4 Å². The Morgan fingerprint density at radius 3 is 2.48 bits per heavy atom. The molecule has 2 aromatic heterocycles. The first-order valence-electron chi connectivity index (χ1n) is 8.81. The fourth-order valence-corrected chi connectivity index (χ4v) is 4.97. The summed E-state index contributed by atoms with van der Waals surface area (Å²) in [4.78, 5) is 19.4. The summed E-state index contributed by atoms with van der Waals surface area (Å²) >= 11 is 1.60. The van der Waals surface area contributed by atoms with E-state index >= 15 is 0 Å². The molecular formula is C20H21NO5S. The van der Waals surface area contributed by atoms with Crippen molar-refractivity contribution in [2.75, 3.05) is 21.3 Å². The highest BCUT2D eigenvalue weighted by atomic mass is 32.1. The van der Waals surface area contributed by atoms with Crippen LogP contribution in [0.5, 0.6) is 17.2 Å². The lowest BCUT2D eigenvalue weighted by Crippen LogP contribution is -2.11. The van der Waals surface area contributed by atoms with E-state index in [1.807, 2.05) is 0 Å². The van der Waals surface area contributed by atoms with Crippen LogP contribution >= 0.6 is 11.3 Å². The SMILES string of the molecule is COc1cc(-c2nc3sc4c(c3c(=O)o2)CC[C@H](C)C4)cc(OC)c1OC. The predicted octanol–water partition coefficient (Wildman–Crippen LogP) is 4.07. The average Bonchev–Trinajstić information content (AvgIpc) is 3.04. The summed E-state index contributed by atoms with van der Waals surface area (Å²) in [5, 5.41) is 0.637. The second-order valence-corrected chi connectivity index (χ2v) is 7.84. The van der Waals surface area contributed by atoms with Crippen LogP contribution in [0, 0.1) is 5.92 Å². The predicted molar refractivity (Wildman–Crippen MR) is 104 cm³/mol. The second-order valence-electron chi connectivity index (χ2n) is 6.75. The Kier molecular flexibility index (Phi) is 4.55. The Hall–Kier alpha value is -2.54. The van der Waals surface area contributed by atoms with Gasteiger partial charge in [0.25, 0.3) is 0 Å². The highest BCUT2D eigenvalue weighted by Crippen LogP contribution is 2.41. The molecule has 6 nitrogen and oxygen atoms in total. The van der Waals surface area contributed by atoms with Gasteiger partial charge in [0.1, 0.15) is 10.2 Å². The lowest BCUT2D eigenvalue weighted by atomic mass is 9.89. The number of aromatic nitrogens is 1. The summed E-state index contributed by atoms with van der Waals surface area (Å²) in [6.45, 7) is 2.24. The number of benzene rings is 1. The molecule has 1 aromatic carbocycles. The zero-order valence-electron chi connectivity index (χ0n) is 15.8. The van der Waals surface area contributed by atoms with Gasteiger partial charge in [-0.15, -0.1) is 11.3 Å². The topological polar surface area (TPSA) is 70.8 Å². The van der Waals surface area contributed by atoms with Gasteiger partial charge in [-0.25, -0.2) is 9.78 Å². The Morgan fingerprint density at radius 2 is 1.85 bits per heavy atom. The molecule has 0 spiro atoms. The molecule has 1 aliphatic carbocycles. The minimum atomic E-state index is -0.337. The number of rotatable bonds is 4. The van der Waals surface area contributed by atoms with Crippen molar-refractivity contribution in [3.8, 4) is 28.7 Å². The standard InChI is InChI=1S/C20H21NO5S/c1-10-5-6-12-15(7-10)27-19-16(12)20(22)26-18(21-19)11-8-13(23-2)17(25-4)14(9-11)24-3/h8-10H,5-7H2,1-4H3/t10-/m0/s1. The second kappa shape index (κ2) is 6.88. The molecule has 1 atom stereocenters. The Balaban J connectivity index is 1.89. The first-order chi connectivity index (χ1) is 13.0. The van der Waals surface area contributed by atoms with Crippen molar-refractivity contribution in [1.29, 1.82) is 0 Å². The van der Waals surface area contributed by atoms with Crippen LogP contribution in [0.1, 0.15) is 23.8 Å². The Morgan fingerprint density at radius 1 is 1.15 bits per heavy atom. The van der Waals surface area contributed by atoms with Crippen LogP contribution in [0.3, 0.4) is 0 Å². The molecule has 4 rings (SSSR count). The molecule has 3 aromatic rings. The van der Waals surface area contributed by atoms with Crippen LogP contribution in [-0.4, -0.2) is 26.3 Å². The zero-order chi connectivity index (χ0) is 19.1. The number of hydrogen-bond donors (Lipinski definition) is 0. The van der Waals surface area contributed by atoms with Crippen molar-refractivity contribution < 1.29 is 18.6 Å². The van der Waals surface area contributed by atoms with E-state index in [0.29, 0.717) is 34.1 Å². The van der Waals surface area contributed by atoms with E-state index in [0.717, 1.165) is 29.7 Å². The van der Waals surface area contributed by atoms with Gasteiger partial charge in [0.2, 0.25) is 11.6 Å². The average molecular weight is 387 g/mol. The third kappa shape index (κ3) is 2.96. The van der Waals surface area contributed by atoms with E-state index in [1.165, 1.54) is 4.88 Å². The van der Waals surface area contributed by atoms with Crippen molar-refractivity contribution in [3.63, 3.8) is 0 Å². The monoisotopic (exact) mass is 387 g/mol. The zero-order valence-corrected chi connectivity index (χ0v) is 16.6. The minimum absolute atomic E-state index is 0.249. The third-order valence-electron chi connectivity index (χ3n) is 5.00. The van der Waals surface area contributed by atoms with Crippen molar-refractivity contribution in [1.82, 2.24) is 4.98 Å². The molecule has 0 saturated carbocycles. The largest absolute Gasteiger partial charge is 0.493 e. The van der Waals surface area contributed by atoms with Crippen LogP contribution in [0.4, 0.5) is 0 Å². The van der Waals surface area contributed by atoms with E-state index in [9.17, 15) is 4.79 Å². The Labute approximate surface area is 160 Å². The molecule has 0 amide bonds. The number of nitrogens with zero attached hydrogens (tertiary/aromatic N) is 1. The van der Waals surface area contributed by atoms with Gasteiger partial charge in [-0.1, -0.05) is 6.92 Å². The van der Waals surface area contributed by atoms with Gasteiger partial charge >= 0.3 is 5.63 Å². The quantitative estimate of drug-likeness (QED) is 0.672. The van der Waals surface area contributed by atoms with E-state index < -0.39 is 0 Å². The number of fused-ring (bicyclic) bond motifs is 3. The maximum atomic E-state index is 12.7. The van der Waals surface area contributed by atoms with Crippen LogP contribution in [-0.2, 0) is 12.8 Å². The fourth-order valence-electron chi connectivity index (χ4n) is 3.61. The molecule has 1 aliphatic rings. The molecule has 7 heteroatoms. The molecule has 0 fully saturated rings. The third-order valence-corrected chi connectivity index (χ3v) is 6.15. The molecule has 142 valence electrons. The Bertz CT molecular complexity index is 1040. The molecule has 2 heterocycles. The van der Waals surface area contributed by atoms with Gasteiger partial charge in [0.05, 0.1) is 21.3 Å².